The van der Waals surface area contributed by atoms with Crippen molar-refractivity contribution < 1.29 is 13.2 Å². The first-order valence-electron chi connectivity index (χ1n) is 4.87. The minimum Gasteiger partial charge on any atom is -0.345 e. The van der Waals surface area contributed by atoms with Gasteiger partial charge in [0.25, 0.3) is 5.91 Å². The van der Waals surface area contributed by atoms with Crippen LogP contribution < -0.4 is 10.5 Å². The lowest BCUT2D eigenvalue weighted by Crippen LogP contribution is -2.14. The van der Waals surface area contributed by atoms with Gasteiger partial charge in [0.05, 0.1) is 11.9 Å². The molecule has 0 saturated heterocycles. The van der Waals surface area contributed by atoms with E-state index in [2.05, 4.69) is 15.5 Å². The number of rotatable bonds is 3. The molecule has 0 radical (unpaired) electrons. The summed E-state index contributed by atoms with van der Waals surface area (Å²) in [5, 5.41) is 13.8. The maximum absolute atomic E-state index is 11.9. The summed E-state index contributed by atoms with van der Waals surface area (Å²) in [4.78, 5) is 11.8. The highest BCUT2D eigenvalue weighted by Gasteiger charge is 2.17. The van der Waals surface area contributed by atoms with E-state index in [4.69, 9.17) is 5.14 Å². The summed E-state index contributed by atoms with van der Waals surface area (Å²) in [5.41, 5.74) is 0.665. The number of H-pyrrole nitrogens is 1. The van der Waals surface area contributed by atoms with Crippen LogP contribution in [0.15, 0.2) is 29.6 Å². The quantitative estimate of drug-likeness (QED) is 0.704. The van der Waals surface area contributed by atoms with Crippen molar-refractivity contribution in [2.75, 3.05) is 5.32 Å². The maximum Gasteiger partial charge on any atom is 0.272 e. The Morgan fingerprint density at radius 3 is 2.78 bits per heavy atom. The van der Waals surface area contributed by atoms with Crippen molar-refractivity contribution >= 4 is 21.6 Å². The van der Waals surface area contributed by atoms with Gasteiger partial charge in [-0.25, -0.2) is 13.6 Å². The van der Waals surface area contributed by atoms with Crippen LogP contribution in [-0.4, -0.2) is 29.1 Å². The Morgan fingerprint density at radius 1 is 1.56 bits per heavy atom. The van der Waals surface area contributed by atoms with Gasteiger partial charge in [-0.1, -0.05) is 0 Å². The zero-order chi connectivity index (χ0) is 13.3. The number of hydrogen-bond acceptors (Lipinski definition) is 4. The van der Waals surface area contributed by atoms with Crippen LogP contribution >= 0.6 is 0 Å². The third kappa shape index (κ3) is 2.41. The molecule has 96 valence electrons. The topological polar surface area (TPSA) is 123 Å². The van der Waals surface area contributed by atoms with Gasteiger partial charge in [0.1, 0.15) is 10.6 Å². The summed E-state index contributed by atoms with van der Waals surface area (Å²) in [5.74, 6) is -0.450. The van der Waals surface area contributed by atoms with Gasteiger partial charge < -0.3 is 9.88 Å². The molecule has 0 aliphatic rings. The van der Waals surface area contributed by atoms with Gasteiger partial charge >= 0.3 is 0 Å². The second-order valence-corrected chi connectivity index (χ2v) is 5.22. The van der Waals surface area contributed by atoms with E-state index in [1.54, 1.807) is 7.05 Å². The lowest BCUT2D eigenvalue weighted by atomic mass is 10.4. The highest BCUT2D eigenvalue weighted by molar-refractivity contribution is 7.89. The van der Waals surface area contributed by atoms with Crippen molar-refractivity contribution in [3.05, 3.63) is 30.4 Å². The standard InChI is InChI=1S/C9H11N5O3S/c1-14-5-7(18(10,16)17)2-8(14)9(15)13-6-3-11-12-4-6/h2-5H,1H3,(H,11,12)(H,13,15)(H2,10,16,17). The van der Waals surface area contributed by atoms with Gasteiger partial charge in [-0.3, -0.25) is 9.89 Å². The Morgan fingerprint density at radius 2 is 2.28 bits per heavy atom. The van der Waals surface area contributed by atoms with Gasteiger partial charge in [0, 0.05) is 19.4 Å². The Kier molecular flexibility index (Phi) is 2.93. The number of nitrogens with one attached hydrogen (secondary N) is 2. The number of aryl methyl sites for hydroxylation is 1. The van der Waals surface area contributed by atoms with Crippen LogP contribution in [0, 0.1) is 0 Å². The molecule has 18 heavy (non-hydrogen) atoms. The Balaban J connectivity index is 2.29. The summed E-state index contributed by atoms with van der Waals surface area (Å²) in [7, 11) is -2.26. The second-order valence-electron chi connectivity index (χ2n) is 3.66. The summed E-state index contributed by atoms with van der Waals surface area (Å²) >= 11 is 0. The molecule has 9 heteroatoms. The smallest absolute Gasteiger partial charge is 0.272 e. The van der Waals surface area contributed by atoms with E-state index in [1.165, 1.54) is 29.2 Å². The van der Waals surface area contributed by atoms with E-state index in [-0.39, 0.29) is 10.6 Å². The molecule has 0 atom stereocenters. The number of nitrogens with two attached hydrogens (primary N) is 1. The Labute approximate surface area is 103 Å². The summed E-state index contributed by atoms with van der Waals surface area (Å²) in [6.45, 7) is 0. The minimum absolute atomic E-state index is 0.109. The molecular formula is C9H11N5O3S. The minimum atomic E-state index is -3.82. The molecule has 2 rings (SSSR count). The van der Waals surface area contributed by atoms with Crippen molar-refractivity contribution in [3.8, 4) is 0 Å². The molecule has 0 unspecified atom stereocenters. The molecule has 8 nitrogen and oxygen atoms in total. The SMILES string of the molecule is Cn1cc(S(N)(=O)=O)cc1C(=O)Nc1cn[nH]c1. The molecule has 0 bridgehead atoms. The number of nitrogens with zero attached hydrogens (tertiary/aromatic N) is 2. The second kappa shape index (κ2) is 4.27. The third-order valence-corrected chi connectivity index (χ3v) is 3.18. The first-order valence-corrected chi connectivity index (χ1v) is 6.42. The average Bonchev–Trinajstić information content (AvgIpc) is 2.85. The highest BCUT2D eigenvalue weighted by Crippen LogP contribution is 2.13. The summed E-state index contributed by atoms with van der Waals surface area (Å²) in [6.07, 6.45) is 4.21. The number of hydrogen-bond donors (Lipinski definition) is 3. The molecule has 0 fully saturated rings. The number of aromatic nitrogens is 3. The fraction of sp³-hybridized carbons (Fsp3) is 0.111. The van der Waals surface area contributed by atoms with Crippen LogP contribution in [0.2, 0.25) is 0 Å². The highest BCUT2D eigenvalue weighted by atomic mass is 32.2. The third-order valence-electron chi connectivity index (χ3n) is 2.30. The molecule has 2 heterocycles. The molecule has 0 aromatic carbocycles. The first kappa shape index (κ1) is 12.3. The number of sulfonamides is 1. The van der Waals surface area contributed by atoms with Crippen LogP contribution in [-0.2, 0) is 17.1 Å². The van der Waals surface area contributed by atoms with E-state index in [9.17, 15) is 13.2 Å². The van der Waals surface area contributed by atoms with E-state index in [0.29, 0.717) is 5.69 Å². The van der Waals surface area contributed by atoms with Gasteiger partial charge in [0.15, 0.2) is 0 Å². The van der Waals surface area contributed by atoms with Crippen molar-refractivity contribution in [1.29, 1.82) is 0 Å². The molecule has 4 N–H and O–H groups in total. The number of anilines is 1. The number of carbonyl (C=O) groups excluding carboxylic acids is 1. The molecule has 2 aromatic rings. The van der Waals surface area contributed by atoms with E-state index >= 15 is 0 Å². The lowest BCUT2D eigenvalue weighted by molar-refractivity contribution is 0.101. The number of aromatic amines is 1. The molecule has 2 aromatic heterocycles. The van der Waals surface area contributed by atoms with Gasteiger partial charge in [0.2, 0.25) is 10.0 Å². The number of primary sulfonamides is 1. The average molecular weight is 269 g/mol. The largest absolute Gasteiger partial charge is 0.345 e. The van der Waals surface area contributed by atoms with Crippen LogP contribution in [0.1, 0.15) is 10.5 Å². The normalized spacial score (nSPS) is 11.4. The Hall–Kier alpha value is -2.13. The Bertz CT molecular complexity index is 671. The van der Waals surface area contributed by atoms with Crippen molar-refractivity contribution in [1.82, 2.24) is 14.8 Å². The monoisotopic (exact) mass is 269 g/mol. The molecule has 0 aliphatic heterocycles. The predicted molar refractivity (Wildman–Crippen MR) is 63.3 cm³/mol. The van der Waals surface area contributed by atoms with E-state index < -0.39 is 15.9 Å². The molecule has 1 amide bonds. The zero-order valence-electron chi connectivity index (χ0n) is 9.41. The number of amides is 1. The molecule has 0 saturated carbocycles. The summed E-state index contributed by atoms with van der Waals surface area (Å²) < 4.78 is 23.7. The first-order chi connectivity index (χ1) is 8.38. The number of carbonyl (C=O) groups is 1. The molecular weight excluding hydrogens is 258 g/mol. The van der Waals surface area contributed by atoms with Crippen molar-refractivity contribution in [2.45, 2.75) is 4.90 Å². The van der Waals surface area contributed by atoms with Crippen LogP contribution in [0.5, 0.6) is 0 Å². The van der Waals surface area contributed by atoms with Gasteiger partial charge in [-0.15, -0.1) is 0 Å². The molecule has 0 spiro atoms. The molecule has 0 aliphatic carbocycles. The van der Waals surface area contributed by atoms with Crippen molar-refractivity contribution in [3.63, 3.8) is 0 Å². The summed E-state index contributed by atoms with van der Waals surface area (Å²) in [6, 6.07) is 1.21. The van der Waals surface area contributed by atoms with Gasteiger partial charge in [-0.2, -0.15) is 5.10 Å². The maximum atomic E-state index is 11.9. The predicted octanol–water partition coefficient (Wildman–Crippen LogP) is -0.352. The van der Waals surface area contributed by atoms with Crippen LogP contribution in [0.4, 0.5) is 5.69 Å². The van der Waals surface area contributed by atoms with E-state index in [0.717, 1.165) is 0 Å². The van der Waals surface area contributed by atoms with Crippen molar-refractivity contribution in [2.24, 2.45) is 12.2 Å². The van der Waals surface area contributed by atoms with Crippen LogP contribution in [0.25, 0.3) is 0 Å². The zero-order valence-corrected chi connectivity index (χ0v) is 10.2. The van der Waals surface area contributed by atoms with E-state index in [1.807, 2.05) is 0 Å². The van der Waals surface area contributed by atoms with Gasteiger partial charge in [-0.05, 0) is 6.07 Å². The lowest BCUT2D eigenvalue weighted by Gasteiger charge is -2.02. The fourth-order valence-corrected chi connectivity index (χ4v) is 2.01. The van der Waals surface area contributed by atoms with Crippen LogP contribution in [0.3, 0.4) is 0 Å². The fourth-order valence-electron chi connectivity index (χ4n) is 1.43.